The lowest BCUT2D eigenvalue weighted by Gasteiger charge is -2.41. The molecule has 0 amide bonds. The Morgan fingerprint density at radius 3 is 1.27 bits per heavy atom. The summed E-state index contributed by atoms with van der Waals surface area (Å²) >= 11 is 0. The first kappa shape index (κ1) is 63.6. The van der Waals surface area contributed by atoms with E-state index in [4.69, 9.17) is 18.5 Å². The van der Waals surface area contributed by atoms with Gasteiger partial charge in [-0.2, -0.15) is 0 Å². The van der Waals surface area contributed by atoms with E-state index in [0.717, 1.165) is 51.4 Å². The molecule has 0 bridgehead atoms. The summed E-state index contributed by atoms with van der Waals surface area (Å²) in [4.78, 5) is 23.3. The molecule has 6 N–H and O–H groups in total. The average molecular weight is 973 g/mol. The van der Waals surface area contributed by atoms with Crippen molar-refractivity contribution in [1.29, 1.82) is 0 Å². The molecule has 1 fully saturated rings. The van der Waals surface area contributed by atoms with E-state index in [9.17, 15) is 39.8 Å². The number of carbonyl (C=O) groups excluding carboxylic acids is 1. The largest absolute Gasteiger partial charge is 0.472 e. The highest BCUT2D eigenvalue weighted by atomic mass is 31.2. The van der Waals surface area contributed by atoms with Crippen molar-refractivity contribution in [2.75, 3.05) is 19.8 Å². The van der Waals surface area contributed by atoms with E-state index in [2.05, 4.69) is 50.3 Å². The van der Waals surface area contributed by atoms with E-state index in [1.54, 1.807) is 0 Å². The number of rotatable bonds is 47. The number of ether oxygens (including phenoxy) is 2. The van der Waals surface area contributed by atoms with Crippen LogP contribution in [0.25, 0.3) is 0 Å². The van der Waals surface area contributed by atoms with E-state index in [0.29, 0.717) is 13.0 Å². The predicted molar refractivity (Wildman–Crippen MR) is 272 cm³/mol. The summed E-state index contributed by atoms with van der Waals surface area (Å²) in [7, 11) is -5.03. The summed E-state index contributed by atoms with van der Waals surface area (Å²) in [6.07, 6.45) is 42.0. The summed E-state index contributed by atoms with van der Waals surface area (Å²) in [6, 6.07) is 0. The van der Waals surface area contributed by atoms with Crippen LogP contribution in [0.4, 0.5) is 0 Å². The first-order valence-electron chi connectivity index (χ1n) is 27.3. The van der Waals surface area contributed by atoms with E-state index < -0.39 is 63.1 Å². The van der Waals surface area contributed by atoms with Gasteiger partial charge in [0.1, 0.15) is 42.7 Å². The van der Waals surface area contributed by atoms with Crippen molar-refractivity contribution < 1.29 is 58.3 Å². The normalized spacial score (nSPS) is 21.5. The minimum atomic E-state index is -5.03. The van der Waals surface area contributed by atoms with E-state index in [-0.39, 0.29) is 13.0 Å². The van der Waals surface area contributed by atoms with Crippen LogP contribution in [0.1, 0.15) is 239 Å². The fourth-order valence-electron chi connectivity index (χ4n) is 8.38. The quantitative estimate of drug-likeness (QED) is 0.0147. The molecule has 6 unspecified atom stereocenters. The van der Waals surface area contributed by atoms with Crippen LogP contribution in [0.15, 0.2) is 36.5 Å². The lowest BCUT2D eigenvalue weighted by atomic mass is 9.85. The van der Waals surface area contributed by atoms with Crippen LogP contribution in [0.5, 0.6) is 0 Å². The zero-order valence-electron chi connectivity index (χ0n) is 42.5. The highest BCUT2D eigenvalue weighted by Gasteiger charge is 2.51. The Labute approximate surface area is 408 Å². The monoisotopic (exact) mass is 973 g/mol. The Balaban J connectivity index is 2.32. The van der Waals surface area contributed by atoms with Crippen LogP contribution in [0, 0.1) is 0 Å². The number of esters is 1. The van der Waals surface area contributed by atoms with Gasteiger partial charge in [0.25, 0.3) is 0 Å². The van der Waals surface area contributed by atoms with Gasteiger partial charge >= 0.3 is 13.8 Å². The third-order valence-corrected chi connectivity index (χ3v) is 13.7. The minimum absolute atomic E-state index is 0.0789. The van der Waals surface area contributed by atoms with Gasteiger partial charge in [-0.3, -0.25) is 13.8 Å². The number of hydrogen-bond donors (Lipinski definition) is 6. The van der Waals surface area contributed by atoms with Crippen LogP contribution < -0.4 is 0 Å². The summed E-state index contributed by atoms with van der Waals surface area (Å²) in [5.41, 5.74) is 0. The van der Waals surface area contributed by atoms with Crippen LogP contribution in [-0.4, -0.2) is 98.9 Å². The van der Waals surface area contributed by atoms with Crippen LogP contribution in [0.3, 0.4) is 0 Å². The van der Waals surface area contributed by atoms with Gasteiger partial charge in [-0.15, -0.1) is 0 Å². The highest BCUT2D eigenvalue weighted by Crippen LogP contribution is 2.47. The second kappa shape index (κ2) is 44.5. The first-order valence-corrected chi connectivity index (χ1v) is 28.8. The third-order valence-electron chi connectivity index (χ3n) is 12.7. The molecule has 1 saturated carbocycles. The van der Waals surface area contributed by atoms with Gasteiger partial charge in [-0.25, -0.2) is 4.57 Å². The summed E-state index contributed by atoms with van der Waals surface area (Å²) in [5.74, 6) is -0.480. The fraction of sp³-hybridized carbons (Fsp3) is 0.870. The molecule has 1 aliphatic carbocycles. The van der Waals surface area contributed by atoms with Gasteiger partial charge in [-0.1, -0.05) is 198 Å². The maximum atomic E-state index is 12.9. The highest BCUT2D eigenvalue weighted by molar-refractivity contribution is 7.47. The van der Waals surface area contributed by atoms with Crippen molar-refractivity contribution >= 4 is 13.8 Å². The van der Waals surface area contributed by atoms with Crippen molar-refractivity contribution in [2.45, 2.75) is 281 Å². The molecule has 0 aromatic rings. The number of aliphatic hydroxyl groups is 5. The Kier molecular flexibility index (Phi) is 42.2. The number of phosphoric ester groups is 1. The van der Waals surface area contributed by atoms with Gasteiger partial charge in [0.2, 0.25) is 0 Å². The molecule has 0 radical (unpaired) electrons. The molecule has 6 atom stereocenters. The molecule has 1 aliphatic rings. The van der Waals surface area contributed by atoms with E-state index >= 15 is 0 Å². The van der Waals surface area contributed by atoms with Gasteiger partial charge in [0.15, 0.2) is 0 Å². The second-order valence-corrected chi connectivity index (χ2v) is 20.5. The smallest absolute Gasteiger partial charge is 0.457 e. The summed E-state index contributed by atoms with van der Waals surface area (Å²) < 4.78 is 34.4. The number of unbranched alkanes of at least 4 members (excludes halogenated alkanes) is 29. The van der Waals surface area contributed by atoms with Crippen molar-refractivity contribution in [3.8, 4) is 0 Å². The standard InChI is InChI=1S/C54H101O12P/c1-3-5-7-9-11-13-15-17-19-21-23-24-25-27-29-31-33-35-37-39-41-43-48(55)65-47(46-64-67(61,62)66-54-52(59)50(57)49(56)51(58)53(54)60)45-63-44-42-40-38-36-34-32-30-28-26-22-20-18-16-14-12-10-8-6-4-2/h15,17,20-23,47,49-54,56-60H,3-14,16,18-19,24-46H2,1-2H3,(H,61,62)/b17-15-,22-20-,23-21-. The molecular formula is C54H101O12P. The summed E-state index contributed by atoms with van der Waals surface area (Å²) in [5, 5.41) is 50.4. The van der Waals surface area contributed by atoms with Crippen LogP contribution >= 0.6 is 7.82 Å². The Hall–Kier alpha value is -1.44. The molecule has 0 aromatic carbocycles. The molecule has 0 aliphatic heterocycles. The molecule has 0 saturated heterocycles. The number of carbonyl (C=O) groups is 1. The summed E-state index contributed by atoms with van der Waals surface area (Å²) in [6.45, 7) is 4.27. The average Bonchev–Trinajstić information content (AvgIpc) is 3.31. The zero-order chi connectivity index (χ0) is 49.1. The predicted octanol–water partition coefficient (Wildman–Crippen LogP) is 12.6. The van der Waals surface area contributed by atoms with Gasteiger partial charge in [0, 0.05) is 13.0 Å². The first-order chi connectivity index (χ1) is 32.5. The van der Waals surface area contributed by atoms with Crippen LogP contribution in [0.2, 0.25) is 0 Å². The van der Waals surface area contributed by atoms with Gasteiger partial charge in [-0.05, 0) is 70.6 Å². The topological polar surface area (TPSA) is 192 Å². The molecule has 12 nitrogen and oxygen atoms in total. The molecule has 13 heteroatoms. The number of phosphoric acid groups is 1. The van der Waals surface area contributed by atoms with Gasteiger partial charge in [0.05, 0.1) is 13.2 Å². The molecule has 0 heterocycles. The Morgan fingerprint density at radius 1 is 0.478 bits per heavy atom. The number of aliphatic hydroxyl groups excluding tert-OH is 5. The SMILES string of the molecule is CCCCCCC/C=C\C/C=C\CCCCCCCCCCCC(=O)OC(COCCCCCCCCCC/C=C\CCCCCCCCC)COP(=O)(O)OC1C(O)C(O)C(O)C(O)C1O. The lowest BCUT2D eigenvalue weighted by molar-refractivity contribution is -0.220. The lowest BCUT2D eigenvalue weighted by Crippen LogP contribution is -2.64. The fourth-order valence-corrected chi connectivity index (χ4v) is 9.35. The van der Waals surface area contributed by atoms with Crippen molar-refractivity contribution in [2.24, 2.45) is 0 Å². The van der Waals surface area contributed by atoms with Gasteiger partial charge < -0.3 is 39.9 Å². The zero-order valence-corrected chi connectivity index (χ0v) is 43.4. The molecule has 394 valence electrons. The van der Waals surface area contributed by atoms with Crippen molar-refractivity contribution in [3.63, 3.8) is 0 Å². The third kappa shape index (κ3) is 36.2. The van der Waals surface area contributed by atoms with Crippen molar-refractivity contribution in [1.82, 2.24) is 0 Å². The number of allylic oxidation sites excluding steroid dienone is 6. The minimum Gasteiger partial charge on any atom is -0.457 e. The Bertz CT molecular complexity index is 1250. The molecule has 0 spiro atoms. The molecule has 1 rings (SSSR count). The van der Waals surface area contributed by atoms with Crippen molar-refractivity contribution in [3.05, 3.63) is 36.5 Å². The molecule has 0 aromatic heterocycles. The maximum Gasteiger partial charge on any atom is 0.472 e. The van der Waals surface area contributed by atoms with E-state index in [1.807, 2.05) is 0 Å². The van der Waals surface area contributed by atoms with E-state index in [1.165, 1.54) is 161 Å². The molecular weight excluding hydrogens is 872 g/mol. The Morgan fingerprint density at radius 2 is 0.836 bits per heavy atom. The second-order valence-electron chi connectivity index (χ2n) is 19.1. The number of hydrogen-bond acceptors (Lipinski definition) is 11. The maximum absolute atomic E-state index is 12.9. The van der Waals surface area contributed by atoms with Crippen LogP contribution in [-0.2, 0) is 27.9 Å². The molecule has 67 heavy (non-hydrogen) atoms.